The molecule has 0 aromatic heterocycles. The van der Waals surface area contributed by atoms with E-state index in [4.69, 9.17) is 4.74 Å². The molecular formula is C20H19F4NO4. The molecule has 156 valence electrons. The van der Waals surface area contributed by atoms with Crippen LogP contribution in [-0.4, -0.2) is 26.2 Å². The van der Waals surface area contributed by atoms with Gasteiger partial charge in [0, 0.05) is 31.4 Å². The predicted octanol–water partition coefficient (Wildman–Crippen LogP) is 4.37. The number of carbonyl (C=O) groups is 1. The minimum absolute atomic E-state index is 0.103. The summed E-state index contributed by atoms with van der Waals surface area (Å²) in [5.74, 6) is -1.20. The van der Waals surface area contributed by atoms with Gasteiger partial charge in [-0.1, -0.05) is 24.3 Å². The number of hydrogen-bond acceptors (Lipinski definition) is 4. The number of nitrogens with one attached hydrogen (secondary N) is 1. The van der Waals surface area contributed by atoms with E-state index in [-0.39, 0.29) is 17.9 Å². The van der Waals surface area contributed by atoms with Gasteiger partial charge in [-0.25, -0.2) is 0 Å². The Morgan fingerprint density at radius 2 is 1.66 bits per heavy atom. The Labute approximate surface area is 164 Å². The predicted molar refractivity (Wildman–Crippen MR) is 97.7 cm³/mol. The lowest BCUT2D eigenvalue weighted by Gasteiger charge is -2.11. The fourth-order valence-electron chi connectivity index (χ4n) is 2.36. The molecule has 5 nitrogen and oxygen atoms in total. The third-order valence-electron chi connectivity index (χ3n) is 3.64. The van der Waals surface area contributed by atoms with E-state index in [1.807, 2.05) is 24.3 Å². The van der Waals surface area contributed by atoms with E-state index in [0.29, 0.717) is 6.61 Å². The summed E-state index contributed by atoms with van der Waals surface area (Å²) in [6, 6.07) is 10.7. The summed E-state index contributed by atoms with van der Waals surface area (Å²) < 4.78 is 63.1. The van der Waals surface area contributed by atoms with Crippen LogP contribution in [-0.2, 0) is 22.7 Å². The second-order valence-electron chi connectivity index (χ2n) is 5.76. The molecule has 0 radical (unpaired) electrons. The molecule has 1 amide bonds. The first-order valence-electron chi connectivity index (χ1n) is 8.43. The van der Waals surface area contributed by atoms with Crippen molar-refractivity contribution in [2.45, 2.75) is 26.4 Å². The van der Waals surface area contributed by atoms with Crippen molar-refractivity contribution in [3.8, 4) is 11.5 Å². The van der Waals surface area contributed by atoms with Crippen molar-refractivity contribution in [3.05, 3.63) is 65.2 Å². The first kappa shape index (κ1) is 22.2. The van der Waals surface area contributed by atoms with Gasteiger partial charge in [0.2, 0.25) is 5.91 Å². The molecule has 0 aliphatic carbocycles. The van der Waals surface area contributed by atoms with Crippen LogP contribution in [0.25, 0.3) is 6.08 Å². The highest BCUT2D eigenvalue weighted by atomic mass is 19.3. The Morgan fingerprint density at radius 1 is 1.00 bits per heavy atom. The lowest BCUT2D eigenvalue weighted by molar-refractivity contribution is -0.116. The number of halogens is 4. The van der Waals surface area contributed by atoms with Crippen LogP contribution in [0.15, 0.2) is 48.5 Å². The topological polar surface area (TPSA) is 56.8 Å². The van der Waals surface area contributed by atoms with Gasteiger partial charge in [-0.2, -0.15) is 17.6 Å². The molecule has 0 fully saturated rings. The van der Waals surface area contributed by atoms with E-state index >= 15 is 0 Å². The van der Waals surface area contributed by atoms with Gasteiger partial charge in [0.25, 0.3) is 0 Å². The summed E-state index contributed by atoms with van der Waals surface area (Å²) in [6.45, 7) is -5.53. The van der Waals surface area contributed by atoms with Crippen LogP contribution in [0.4, 0.5) is 17.6 Å². The Balaban J connectivity index is 2.00. The highest BCUT2D eigenvalue weighted by Crippen LogP contribution is 2.28. The molecule has 2 rings (SSSR count). The second kappa shape index (κ2) is 11.1. The molecule has 0 unspecified atom stereocenters. The highest BCUT2D eigenvalue weighted by Gasteiger charge is 2.12. The van der Waals surface area contributed by atoms with Crippen LogP contribution >= 0.6 is 0 Å². The summed E-state index contributed by atoms with van der Waals surface area (Å²) in [7, 11) is 1.59. The molecule has 0 aliphatic rings. The minimum Gasteiger partial charge on any atom is -0.435 e. The van der Waals surface area contributed by atoms with Crippen molar-refractivity contribution < 1.29 is 36.6 Å². The van der Waals surface area contributed by atoms with Crippen molar-refractivity contribution in [1.29, 1.82) is 0 Å². The van der Waals surface area contributed by atoms with E-state index in [1.165, 1.54) is 12.1 Å². The Bertz CT molecular complexity index is 826. The number of amides is 1. The molecule has 1 N–H and O–H groups in total. The van der Waals surface area contributed by atoms with Gasteiger partial charge in [-0.3, -0.25) is 4.79 Å². The molecule has 2 aromatic carbocycles. The quantitative estimate of drug-likeness (QED) is 0.464. The van der Waals surface area contributed by atoms with Crippen LogP contribution in [0.5, 0.6) is 11.5 Å². The minimum atomic E-state index is -3.17. The zero-order valence-corrected chi connectivity index (χ0v) is 15.4. The lowest BCUT2D eigenvalue weighted by atomic mass is 10.1. The number of methoxy groups -OCH3 is 1. The first-order valence-corrected chi connectivity index (χ1v) is 8.43. The highest BCUT2D eigenvalue weighted by molar-refractivity contribution is 5.92. The average molecular weight is 413 g/mol. The molecule has 0 saturated carbocycles. The standard InChI is InChI=1S/C20H19F4NO4/c1-27-12-14-4-2-13(3-5-14)11-25-18(26)9-7-15-6-8-16(28-19(21)22)10-17(15)29-20(23)24/h2-10,19-20H,11-12H2,1H3,(H,25,26)/b9-7+. The maximum absolute atomic E-state index is 12.6. The monoisotopic (exact) mass is 413 g/mol. The lowest BCUT2D eigenvalue weighted by Crippen LogP contribution is -2.20. The summed E-state index contributed by atoms with van der Waals surface area (Å²) in [4.78, 5) is 12.0. The van der Waals surface area contributed by atoms with E-state index in [2.05, 4.69) is 14.8 Å². The maximum atomic E-state index is 12.6. The van der Waals surface area contributed by atoms with Gasteiger partial charge < -0.3 is 19.5 Å². The summed E-state index contributed by atoms with van der Waals surface area (Å²) in [5.41, 5.74) is 1.96. The number of alkyl halides is 4. The molecule has 0 saturated heterocycles. The fourth-order valence-corrected chi connectivity index (χ4v) is 2.36. The molecule has 2 aromatic rings. The van der Waals surface area contributed by atoms with Crippen LogP contribution in [0.3, 0.4) is 0 Å². The molecule has 0 bridgehead atoms. The summed E-state index contributed by atoms with van der Waals surface area (Å²) >= 11 is 0. The van der Waals surface area contributed by atoms with Crippen molar-refractivity contribution >= 4 is 12.0 Å². The Kier molecular flexibility index (Phi) is 8.47. The van der Waals surface area contributed by atoms with Gasteiger partial charge in [-0.15, -0.1) is 0 Å². The molecule has 0 aliphatic heterocycles. The van der Waals surface area contributed by atoms with Gasteiger partial charge in [0.15, 0.2) is 0 Å². The van der Waals surface area contributed by atoms with E-state index in [9.17, 15) is 22.4 Å². The van der Waals surface area contributed by atoms with Crippen LogP contribution in [0, 0.1) is 0 Å². The number of carbonyl (C=O) groups excluding carboxylic acids is 1. The summed E-state index contributed by atoms with van der Waals surface area (Å²) in [6.07, 6.45) is 2.36. The van der Waals surface area contributed by atoms with Gasteiger partial charge in [0.1, 0.15) is 11.5 Å². The molecule has 29 heavy (non-hydrogen) atoms. The third kappa shape index (κ3) is 7.82. The van der Waals surface area contributed by atoms with E-state index in [0.717, 1.165) is 29.3 Å². The fraction of sp³-hybridized carbons (Fsp3) is 0.250. The van der Waals surface area contributed by atoms with E-state index < -0.39 is 24.9 Å². The van der Waals surface area contributed by atoms with Crippen molar-refractivity contribution in [1.82, 2.24) is 5.32 Å². The van der Waals surface area contributed by atoms with Crippen LogP contribution in [0.1, 0.15) is 16.7 Å². The Morgan fingerprint density at radius 3 is 2.28 bits per heavy atom. The molecule has 0 heterocycles. The SMILES string of the molecule is COCc1ccc(CNC(=O)/C=C/c2ccc(OC(F)F)cc2OC(F)F)cc1. The van der Waals surface area contributed by atoms with Crippen molar-refractivity contribution in [3.63, 3.8) is 0 Å². The molecular weight excluding hydrogens is 394 g/mol. The molecule has 9 heteroatoms. The number of rotatable bonds is 10. The maximum Gasteiger partial charge on any atom is 0.387 e. The van der Waals surface area contributed by atoms with Gasteiger partial charge in [0.05, 0.1) is 6.61 Å². The molecule has 0 atom stereocenters. The molecule has 0 spiro atoms. The second-order valence-corrected chi connectivity index (χ2v) is 5.76. The van der Waals surface area contributed by atoms with Crippen LogP contribution < -0.4 is 14.8 Å². The van der Waals surface area contributed by atoms with Gasteiger partial charge in [-0.05, 0) is 29.3 Å². The number of benzene rings is 2. The largest absolute Gasteiger partial charge is 0.435 e. The van der Waals surface area contributed by atoms with Crippen molar-refractivity contribution in [2.75, 3.05) is 7.11 Å². The van der Waals surface area contributed by atoms with Crippen molar-refractivity contribution in [2.24, 2.45) is 0 Å². The summed E-state index contributed by atoms with van der Waals surface area (Å²) in [5, 5.41) is 2.65. The zero-order chi connectivity index (χ0) is 21.2. The third-order valence-corrected chi connectivity index (χ3v) is 3.64. The smallest absolute Gasteiger partial charge is 0.387 e. The average Bonchev–Trinajstić information content (AvgIpc) is 2.66. The number of hydrogen-bond donors (Lipinski definition) is 1. The Hall–Kier alpha value is -3.07. The first-order chi connectivity index (χ1) is 13.9. The number of ether oxygens (including phenoxy) is 3. The zero-order valence-electron chi connectivity index (χ0n) is 15.4. The van der Waals surface area contributed by atoms with Gasteiger partial charge >= 0.3 is 13.2 Å². The van der Waals surface area contributed by atoms with E-state index in [1.54, 1.807) is 7.11 Å². The normalized spacial score (nSPS) is 11.3. The van der Waals surface area contributed by atoms with Crippen LogP contribution in [0.2, 0.25) is 0 Å².